The molecule has 0 radical (unpaired) electrons. The van der Waals surface area contributed by atoms with E-state index in [1.54, 1.807) is 12.2 Å². The molecule has 1 aromatic rings. The van der Waals surface area contributed by atoms with E-state index in [0.29, 0.717) is 28.9 Å². The number of fused-ring (bicyclic) bond motifs is 4. The Morgan fingerprint density at radius 2 is 1.80 bits per heavy atom. The number of benzene rings is 1. The molecule has 2 N–H and O–H groups in total. The number of allylic oxidation sites excluding steroid dienone is 4. The van der Waals surface area contributed by atoms with Gasteiger partial charge in [-0.3, -0.25) is 9.59 Å². The standard InChI is InChI=1S/C38H44O8/c1-10-34(4,5)27-30-25(21-15-18(2)11-12-22(21)35(6,7)44-30)29(40)26-28(39)23-16-20-17-24-36(8,9)46-37(32(20)41,14-13-19(3)33(42)43)38(23,24)45-31(26)27/h10,13,15-16,20-22,24,40H,1,11-12,14,17H2,2-9H3,(H,42,43)/b19-13+/t20-,21-,22+,24+,37+,38-/m1/s1. The number of hydrogen-bond acceptors (Lipinski definition) is 7. The molecule has 4 bridgehead atoms. The predicted molar refractivity (Wildman–Crippen MR) is 172 cm³/mol. The van der Waals surface area contributed by atoms with Gasteiger partial charge in [0, 0.05) is 57.8 Å². The fourth-order valence-corrected chi connectivity index (χ4v) is 9.61. The van der Waals surface area contributed by atoms with Crippen LogP contribution >= 0.6 is 0 Å². The van der Waals surface area contributed by atoms with Crippen LogP contribution in [0.4, 0.5) is 0 Å². The topological polar surface area (TPSA) is 119 Å². The molecule has 244 valence electrons. The number of ketones is 2. The SMILES string of the molecule is C=CC(C)(C)c1c2c(c(O)c3c1OC(C)(C)[C@H]1CCC(C)=C[C@@H]31)C(=O)C1=C[C@@H]3C[C@H]4C(C)(C)O[C@@](C/C=C(\C)C(=O)O)(C3=O)[C@@]14O2. The van der Waals surface area contributed by atoms with Crippen LogP contribution in [0.5, 0.6) is 17.2 Å². The number of carboxylic acid groups (broad SMARTS) is 1. The lowest BCUT2D eigenvalue weighted by Crippen LogP contribution is -2.72. The molecular weight excluding hydrogens is 584 g/mol. The number of carbonyl (C=O) groups is 3. The van der Waals surface area contributed by atoms with Gasteiger partial charge in [0.25, 0.3) is 0 Å². The van der Waals surface area contributed by atoms with E-state index in [9.17, 15) is 19.8 Å². The minimum atomic E-state index is -1.65. The van der Waals surface area contributed by atoms with Crippen LogP contribution in [-0.4, -0.2) is 50.2 Å². The van der Waals surface area contributed by atoms with Gasteiger partial charge in [-0.05, 0) is 60.8 Å². The van der Waals surface area contributed by atoms with Crippen molar-refractivity contribution in [2.45, 2.75) is 115 Å². The zero-order chi connectivity index (χ0) is 33.5. The summed E-state index contributed by atoms with van der Waals surface area (Å²) in [5, 5.41) is 21.9. The summed E-state index contributed by atoms with van der Waals surface area (Å²) < 4.78 is 20.9. The van der Waals surface area contributed by atoms with E-state index in [1.165, 1.54) is 18.6 Å². The van der Waals surface area contributed by atoms with Crippen LogP contribution in [0.15, 0.2) is 47.6 Å². The van der Waals surface area contributed by atoms with Crippen molar-refractivity contribution in [3.63, 3.8) is 0 Å². The van der Waals surface area contributed by atoms with Crippen molar-refractivity contribution in [2.24, 2.45) is 17.8 Å². The Kier molecular flexibility index (Phi) is 6.22. The number of phenols is 1. The lowest BCUT2D eigenvalue weighted by atomic mass is 9.51. The second kappa shape index (κ2) is 9.24. The Hall–Kier alpha value is -3.65. The van der Waals surface area contributed by atoms with Gasteiger partial charge < -0.3 is 24.4 Å². The number of Topliss-reactive ketones (excluding diaryl/α,β-unsaturated/α-hetero) is 2. The van der Waals surface area contributed by atoms with Crippen LogP contribution in [0.2, 0.25) is 0 Å². The first-order valence-corrected chi connectivity index (χ1v) is 16.4. The molecule has 0 aromatic heterocycles. The van der Waals surface area contributed by atoms with E-state index in [0.717, 1.165) is 12.8 Å². The van der Waals surface area contributed by atoms with Crippen molar-refractivity contribution < 1.29 is 38.8 Å². The molecule has 3 aliphatic heterocycles. The Morgan fingerprint density at radius 1 is 1.11 bits per heavy atom. The molecule has 8 heteroatoms. The van der Waals surface area contributed by atoms with Gasteiger partial charge in [-0.25, -0.2) is 4.79 Å². The van der Waals surface area contributed by atoms with E-state index >= 15 is 4.79 Å². The van der Waals surface area contributed by atoms with Gasteiger partial charge in [0.1, 0.15) is 28.4 Å². The molecule has 7 aliphatic rings. The molecule has 46 heavy (non-hydrogen) atoms. The lowest BCUT2D eigenvalue weighted by Gasteiger charge is -2.57. The quantitative estimate of drug-likeness (QED) is 0.267. The van der Waals surface area contributed by atoms with E-state index < -0.39 is 51.4 Å². The summed E-state index contributed by atoms with van der Waals surface area (Å²) in [6.45, 7) is 19.6. The molecule has 4 aliphatic carbocycles. The second-order valence-corrected chi connectivity index (χ2v) is 15.9. The first-order valence-electron chi connectivity index (χ1n) is 16.4. The smallest absolute Gasteiger partial charge is 0.330 e. The van der Waals surface area contributed by atoms with Crippen molar-refractivity contribution in [1.82, 2.24) is 0 Å². The summed E-state index contributed by atoms with van der Waals surface area (Å²) in [6, 6.07) is 0. The number of aliphatic carboxylic acids is 1. The summed E-state index contributed by atoms with van der Waals surface area (Å²) in [5.41, 5.74) is -2.59. The number of ether oxygens (including phenoxy) is 3. The molecule has 3 heterocycles. The lowest BCUT2D eigenvalue weighted by molar-refractivity contribution is -0.171. The number of aromatic hydroxyl groups is 1. The van der Waals surface area contributed by atoms with E-state index in [1.807, 2.05) is 27.7 Å². The van der Waals surface area contributed by atoms with Crippen molar-refractivity contribution in [1.29, 1.82) is 0 Å². The van der Waals surface area contributed by atoms with Gasteiger partial charge >= 0.3 is 5.97 Å². The van der Waals surface area contributed by atoms with Crippen LogP contribution in [0.3, 0.4) is 0 Å². The second-order valence-electron chi connectivity index (χ2n) is 15.9. The van der Waals surface area contributed by atoms with Crippen LogP contribution in [0.25, 0.3) is 0 Å². The molecule has 1 saturated heterocycles. The Morgan fingerprint density at radius 3 is 2.46 bits per heavy atom. The van der Waals surface area contributed by atoms with Crippen molar-refractivity contribution >= 4 is 17.5 Å². The van der Waals surface area contributed by atoms with Gasteiger partial charge in [-0.15, -0.1) is 6.58 Å². The Bertz CT molecular complexity index is 1750. The number of phenolic OH excluding ortho intramolecular Hbond substituents is 1. The van der Waals surface area contributed by atoms with Crippen LogP contribution in [0.1, 0.15) is 108 Å². The fraction of sp³-hybridized carbons (Fsp3) is 0.553. The highest BCUT2D eigenvalue weighted by atomic mass is 16.6. The van der Waals surface area contributed by atoms with Crippen molar-refractivity contribution in [3.05, 3.63) is 64.3 Å². The van der Waals surface area contributed by atoms with Crippen molar-refractivity contribution in [3.8, 4) is 17.2 Å². The minimum absolute atomic E-state index is 0.0687. The molecule has 1 aromatic carbocycles. The molecular formula is C38H44O8. The molecule has 6 atom stereocenters. The maximum Gasteiger partial charge on any atom is 0.330 e. The Labute approximate surface area is 270 Å². The third kappa shape index (κ3) is 3.62. The first kappa shape index (κ1) is 31.0. The third-order valence-electron chi connectivity index (χ3n) is 12.0. The van der Waals surface area contributed by atoms with E-state index in [4.69, 9.17) is 14.2 Å². The van der Waals surface area contributed by atoms with E-state index in [2.05, 4.69) is 33.4 Å². The normalized spacial score (nSPS) is 34.7. The largest absolute Gasteiger partial charge is 0.507 e. The average Bonchev–Trinajstić information content (AvgIpc) is 3.12. The zero-order valence-electron chi connectivity index (χ0n) is 28.0. The zero-order valence-corrected chi connectivity index (χ0v) is 28.0. The highest BCUT2D eigenvalue weighted by Gasteiger charge is 2.81. The summed E-state index contributed by atoms with van der Waals surface area (Å²) in [7, 11) is 0. The minimum Gasteiger partial charge on any atom is -0.507 e. The number of carbonyl (C=O) groups excluding carboxylic acids is 2. The first-order chi connectivity index (χ1) is 21.3. The summed E-state index contributed by atoms with van der Waals surface area (Å²) >= 11 is 0. The highest BCUT2D eigenvalue weighted by Crippen LogP contribution is 2.70. The molecule has 0 unspecified atom stereocenters. The number of carboxylic acids is 1. The fourth-order valence-electron chi connectivity index (χ4n) is 9.61. The van der Waals surface area contributed by atoms with Crippen LogP contribution in [-0.2, 0) is 19.7 Å². The number of hydrogen-bond donors (Lipinski definition) is 2. The highest BCUT2D eigenvalue weighted by molar-refractivity contribution is 6.19. The molecule has 0 amide bonds. The van der Waals surface area contributed by atoms with Gasteiger partial charge in [0.2, 0.25) is 0 Å². The van der Waals surface area contributed by atoms with Crippen LogP contribution in [0, 0.1) is 17.8 Å². The molecule has 2 fully saturated rings. The van der Waals surface area contributed by atoms with Gasteiger partial charge in [0.05, 0.1) is 5.60 Å². The van der Waals surface area contributed by atoms with E-state index in [-0.39, 0.29) is 46.7 Å². The maximum absolute atomic E-state index is 15.0. The number of rotatable bonds is 5. The average molecular weight is 629 g/mol. The summed E-state index contributed by atoms with van der Waals surface area (Å²) in [4.78, 5) is 41.2. The monoisotopic (exact) mass is 628 g/mol. The molecule has 1 saturated carbocycles. The molecule has 1 spiro atoms. The molecule has 8 rings (SSSR count). The van der Waals surface area contributed by atoms with Gasteiger partial charge in [-0.2, -0.15) is 0 Å². The van der Waals surface area contributed by atoms with Gasteiger partial charge in [-0.1, -0.05) is 43.7 Å². The van der Waals surface area contributed by atoms with Crippen LogP contribution < -0.4 is 9.47 Å². The van der Waals surface area contributed by atoms with Gasteiger partial charge in [0.15, 0.2) is 22.8 Å². The summed E-state index contributed by atoms with van der Waals surface area (Å²) in [6.07, 6.45) is 9.37. The van der Waals surface area contributed by atoms with Crippen molar-refractivity contribution in [2.75, 3.05) is 0 Å². The maximum atomic E-state index is 15.0. The third-order valence-corrected chi connectivity index (χ3v) is 12.0. The Balaban J connectivity index is 1.56. The molecule has 8 nitrogen and oxygen atoms in total. The summed E-state index contributed by atoms with van der Waals surface area (Å²) in [5.74, 6) is -2.31. The predicted octanol–water partition coefficient (Wildman–Crippen LogP) is 6.89.